The maximum atomic E-state index is 12.2. The molecule has 1 aliphatic heterocycles. The van der Waals surface area contributed by atoms with Gasteiger partial charge in [-0.3, -0.25) is 4.98 Å². The first kappa shape index (κ1) is 20.1. The van der Waals surface area contributed by atoms with Crippen LogP contribution in [0, 0.1) is 0 Å². The molecule has 6 nitrogen and oxygen atoms in total. The van der Waals surface area contributed by atoms with Gasteiger partial charge < -0.3 is 10.6 Å². The summed E-state index contributed by atoms with van der Waals surface area (Å²) in [6.07, 6.45) is 10.2. The summed E-state index contributed by atoms with van der Waals surface area (Å²) in [5.74, 6) is 0.280. The van der Waals surface area contributed by atoms with Crippen LogP contribution in [0.5, 0.6) is 0 Å². The van der Waals surface area contributed by atoms with Crippen molar-refractivity contribution in [1.29, 1.82) is 0 Å². The van der Waals surface area contributed by atoms with E-state index >= 15 is 0 Å². The molecule has 1 aromatic rings. The minimum atomic E-state index is -3.04. The molecule has 0 bridgehead atoms. The summed E-state index contributed by atoms with van der Waals surface area (Å²) in [4.78, 5) is 3.95. The van der Waals surface area contributed by atoms with E-state index in [-0.39, 0.29) is 5.75 Å². The lowest BCUT2D eigenvalue weighted by Gasteiger charge is -2.25. The SMILES string of the molecule is O=S(=O)(CCCCCCNC(=S)Nc1ccncc1)N1CCCCC1. The molecule has 0 radical (unpaired) electrons. The molecule has 1 fully saturated rings. The maximum absolute atomic E-state index is 12.2. The number of pyridine rings is 1. The van der Waals surface area contributed by atoms with Crippen LogP contribution in [0.15, 0.2) is 24.5 Å². The third-order valence-electron chi connectivity index (χ3n) is 4.26. The van der Waals surface area contributed by atoms with Gasteiger partial charge in [-0.05, 0) is 50.0 Å². The second-order valence-electron chi connectivity index (χ2n) is 6.31. The number of sulfonamides is 1. The molecule has 2 heterocycles. The number of hydrogen-bond acceptors (Lipinski definition) is 4. The van der Waals surface area contributed by atoms with Gasteiger partial charge in [0.15, 0.2) is 5.11 Å². The van der Waals surface area contributed by atoms with E-state index in [4.69, 9.17) is 12.2 Å². The van der Waals surface area contributed by atoms with E-state index in [1.807, 2.05) is 12.1 Å². The largest absolute Gasteiger partial charge is 0.362 e. The highest BCUT2D eigenvalue weighted by atomic mass is 32.2. The molecule has 1 saturated heterocycles. The Morgan fingerprint density at radius 2 is 1.76 bits per heavy atom. The third kappa shape index (κ3) is 7.66. The molecule has 1 aromatic heterocycles. The van der Waals surface area contributed by atoms with Crippen molar-refractivity contribution in [3.05, 3.63) is 24.5 Å². The summed E-state index contributed by atoms with van der Waals surface area (Å²) < 4.78 is 26.1. The second kappa shape index (κ2) is 10.7. The average Bonchev–Trinajstić information content (AvgIpc) is 2.62. The van der Waals surface area contributed by atoms with E-state index in [0.29, 0.717) is 18.2 Å². The van der Waals surface area contributed by atoms with Crippen molar-refractivity contribution in [3.8, 4) is 0 Å². The van der Waals surface area contributed by atoms with Crippen LogP contribution in [-0.2, 0) is 10.0 Å². The van der Waals surface area contributed by atoms with Crippen molar-refractivity contribution < 1.29 is 8.42 Å². The van der Waals surface area contributed by atoms with Gasteiger partial charge in [0.05, 0.1) is 5.75 Å². The highest BCUT2D eigenvalue weighted by Gasteiger charge is 2.22. The molecular formula is C17H28N4O2S2. The molecule has 0 spiro atoms. The minimum Gasteiger partial charge on any atom is -0.362 e. The fraction of sp³-hybridized carbons (Fsp3) is 0.647. The standard InChI is InChI=1S/C17H28N4O2S2/c22-25(23,21-13-5-3-6-14-21)15-7-2-1-4-10-19-17(24)20-16-8-11-18-12-9-16/h8-9,11-12H,1-7,10,13-15H2,(H2,18,19,20,24). The van der Waals surface area contributed by atoms with Gasteiger partial charge in [-0.25, -0.2) is 12.7 Å². The Morgan fingerprint density at radius 1 is 1.08 bits per heavy atom. The number of unbranched alkanes of at least 4 members (excludes halogenated alkanes) is 3. The van der Waals surface area contributed by atoms with Gasteiger partial charge in [-0.1, -0.05) is 19.3 Å². The van der Waals surface area contributed by atoms with Gasteiger partial charge in [0, 0.05) is 37.7 Å². The van der Waals surface area contributed by atoms with E-state index in [1.165, 1.54) is 0 Å². The maximum Gasteiger partial charge on any atom is 0.214 e. The Bertz CT molecular complexity index is 617. The number of nitrogens with zero attached hydrogens (tertiary/aromatic N) is 2. The molecular weight excluding hydrogens is 356 g/mol. The van der Waals surface area contributed by atoms with Crippen LogP contribution in [0.1, 0.15) is 44.9 Å². The predicted octanol–water partition coefficient (Wildman–Crippen LogP) is 2.74. The number of thiocarbonyl (C=S) groups is 1. The van der Waals surface area contributed by atoms with E-state index in [1.54, 1.807) is 16.7 Å². The lowest BCUT2D eigenvalue weighted by Crippen LogP contribution is -2.37. The Morgan fingerprint density at radius 3 is 2.48 bits per heavy atom. The molecule has 25 heavy (non-hydrogen) atoms. The lowest BCUT2D eigenvalue weighted by molar-refractivity contribution is 0.346. The van der Waals surface area contributed by atoms with Gasteiger partial charge in [0.25, 0.3) is 0 Å². The Kier molecular flexibility index (Phi) is 8.57. The van der Waals surface area contributed by atoms with Crippen LogP contribution in [0.3, 0.4) is 0 Å². The lowest BCUT2D eigenvalue weighted by atomic mass is 10.2. The number of nitrogens with one attached hydrogen (secondary N) is 2. The van der Waals surface area contributed by atoms with Crippen LogP contribution in [0.25, 0.3) is 0 Å². The molecule has 0 atom stereocenters. The van der Waals surface area contributed by atoms with Crippen LogP contribution in [-0.4, -0.2) is 48.2 Å². The highest BCUT2D eigenvalue weighted by Crippen LogP contribution is 2.15. The summed E-state index contributed by atoms with van der Waals surface area (Å²) in [5.41, 5.74) is 0.912. The molecule has 140 valence electrons. The van der Waals surface area contributed by atoms with Gasteiger partial charge in [-0.15, -0.1) is 0 Å². The Labute approximate surface area is 156 Å². The monoisotopic (exact) mass is 384 g/mol. The van der Waals surface area contributed by atoms with Crippen molar-refractivity contribution in [1.82, 2.24) is 14.6 Å². The summed E-state index contributed by atoms with van der Waals surface area (Å²) in [6, 6.07) is 3.72. The van der Waals surface area contributed by atoms with Crippen LogP contribution < -0.4 is 10.6 Å². The van der Waals surface area contributed by atoms with Gasteiger partial charge >= 0.3 is 0 Å². The predicted molar refractivity (Wildman–Crippen MR) is 106 cm³/mol. The highest BCUT2D eigenvalue weighted by molar-refractivity contribution is 7.89. The molecule has 0 unspecified atom stereocenters. The summed E-state index contributed by atoms with van der Waals surface area (Å²) in [6.45, 7) is 2.19. The Hall–Kier alpha value is -1.25. The van der Waals surface area contributed by atoms with Crippen LogP contribution in [0.4, 0.5) is 5.69 Å². The molecule has 2 rings (SSSR count). The van der Waals surface area contributed by atoms with Gasteiger partial charge in [0.1, 0.15) is 0 Å². The number of aromatic nitrogens is 1. The van der Waals surface area contributed by atoms with Gasteiger partial charge in [-0.2, -0.15) is 0 Å². The van der Waals surface area contributed by atoms with E-state index in [2.05, 4.69) is 15.6 Å². The summed E-state index contributed by atoms with van der Waals surface area (Å²) >= 11 is 5.23. The topological polar surface area (TPSA) is 74.3 Å². The quantitative estimate of drug-likeness (QED) is 0.504. The zero-order valence-corrected chi connectivity index (χ0v) is 16.2. The summed E-state index contributed by atoms with van der Waals surface area (Å²) in [7, 11) is -3.04. The second-order valence-corrected chi connectivity index (χ2v) is 8.80. The fourth-order valence-corrected chi connectivity index (χ4v) is 4.71. The van der Waals surface area contributed by atoms with Crippen molar-refractivity contribution >= 4 is 33.0 Å². The number of hydrogen-bond donors (Lipinski definition) is 2. The minimum absolute atomic E-state index is 0.280. The molecule has 0 saturated carbocycles. The molecule has 1 aliphatic rings. The van der Waals surface area contributed by atoms with Crippen LogP contribution >= 0.6 is 12.2 Å². The summed E-state index contributed by atoms with van der Waals surface area (Å²) in [5, 5.41) is 6.86. The van der Waals surface area contributed by atoms with Crippen molar-refractivity contribution in [2.45, 2.75) is 44.9 Å². The normalized spacial score (nSPS) is 15.7. The number of rotatable bonds is 9. The number of anilines is 1. The first-order valence-electron chi connectivity index (χ1n) is 9.01. The zero-order chi connectivity index (χ0) is 18.0. The Balaban J connectivity index is 1.51. The molecule has 0 amide bonds. The molecule has 0 aliphatic carbocycles. The zero-order valence-electron chi connectivity index (χ0n) is 14.6. The molecule has 8 heteroatoms. The first-order chi connectivity index (χ1) is 12.1. The van der Waals surface area contributed by atoms with Crippen molar-refractivity contribution in [2.24, 2.45) is 0 Å². The first-order valence-corrected chi connectivity index (χ1v) is 11.0. The van der Waals surface area contributed by atoms with Crippen LogP contribution in [0.2, 0.25) is 0 Å². The van der Waals surface area contributed by atoms with E-state index in [9.17, 15) is 8.42 Å². The van der Waals surface area contributed by atoms with E-state index in [0.717, 1.165) is 57.2 Å². The fourth-order valence-electron chi connectivity index (χ4n) is 2.85. The number of piperidine rings is 1. The average molecular weight is 385 g/mol. The van der Waals surface area contributed by atoms with E-state index < -0.39 is 10.0 Å². The molecule has 2 N–H and O–H groups in total. The van der Waals surface area contributed by atoms with Crippen molar-refractivity contribution in [2.75, 3.05) is 30.7 Å². The van der Waals surface area contributed by atoms with Gasteiger partial charge in [0.2, 0.25) is 10.0 Å². The molecule has 0 aromatic carbocycles. The third-order valence-corrected chi connectivity index (χ3v) is 6.46. The smallest absolute Gasteiger partial charge is 0.214 e. The van der Waals surface area contributed by atoms with Crippen molar-refractivity contribution in [3.63, 3.8) is 0 Å².